The first-order chi connectivity index (χ1) is 15.6. The van der Waals surface area contributed by atoms with Crippen LogP contribution in [0.5, 0.6) is 5.75 Å². The van der Waals surface area contributed by atoms with E-state index in [1.165, 1.54) is 6.42 Å². The summed E-state index contributed by atoms with van der Waals surface area (Å²) in [6.07, 6.45) is 3.77. The largest absolute Gasteiger partial charge is 0.497 e. The number of methoxy groups -OCH3 is 1. The van der Waals surface area contributed by atoms with Crippen molar-refractivity contribution in [3.05, 3.63) is 59.7 Å². The number of ether oxygens (including phenoxy) is 1. The monoisotopic (exact) mass is 429 g/mol. The van der Waals surface area contributed by atoms with Crippen LogP contribution in [0.4, 0.5) is 17.5 Å². The fourth-order valence-corrected chi connectivity index (χ4v) is 4.45. The molecule has 0 unspecified atom stereocenters. The van der Waals surface area contributed by atoms with E-state index in [4.69, 9.17) is 20.4 Å². The Bertz CT molecular complexity index is 1140. The molecular weight excluding hydrogens is 402 g/mol. The van der Waals surface area contributed by atoms with Gasteiger partial charge in [-0.05, 0) is 49.1 Å². The van der Waals surface area contributed by atoms with Crippen molar-refractivity contribution in [2.75, 3.05) is 35.7 Å². The van der Waals surface area contributed by atoms with Gasteiger partial charge in [0.15, 0.2) is 0 Å². The van der Waals surface area contributed by atoms with E-state index in [2.05, 4.69) is 4.90 Å². The lowest BCUT2D eigenvalue weighted by Gasteiger charge is -2.28. The zero-order chi connectivity index (χ0) is 22.1. The molecule has 1 amide bonds. The van der Waals surface area contributed by atoms with Gasteiger partial charge in [0.2, 0.25) is 11.9 Å². The lowest BCUT2D eigenvalue weighted by Crippen LogP contribution is -2.32. The topological polar surface area (TPSA) is 84.6 Å². The van der Waals surface area contributed by atoms with Crippen LogP contribution in [0.15, 0.2) is 48.5 Å². The van der Waals surface area contributed by atoms with Gasteiger partial charge in [0.05, 0.1) is 25.8 Å². The van der Waals surface area contributed by atoms with E-state index in [1.807, 2.05) is 48.5 Å². The molecule has 1 aromatic heterocycles. The van der Waals surface area contributed by atoms with Crippen LogP contribution in [-0.2, 0) is 17.8 Å². The third-order valence-electron chi connectivity index (χ3n) is 6.16. The van der Waals surface area contributed by atoms with E-state index < -0.39 is 0 Å². The van der Waals surface area contributed by atoms with E-state index in [1.54, 1.807) is 12.0 Å². The Labute approximate surface area is 187 Å². The van der Waals surface area contributed by atoms with Gasteiger partial charge in [-0.1, -0.05) is 24.3 Å². The van der Waals surface area contributed by atoms with Crippen molar-refractivity contribution in [3.63, 3.8) is 0 Å². The summed E-state index contributed by atoms with van der Waals surface area (Å²) in [6.45, 7) is 2.33. The summed E-state index contributed by atoms with van der Waals surface area (Å²) >= 11 is 0. The maximum absolute atomic E-state index is 13.1. The lowest BCUT2D eigenvalue weighted by atomic mass is 10.0. The Kier molecular flexibility index (Phi) is 5.39. The summed E-state index contributed by atoms with van der Waals surface area (Å²) in [4.78, 5) is 27.0. The number of nitrogen functional groups attached to an aromatic ring is 1. The maximum Gasteiger partial charge on any atom is 0.233 e. The number of fused-ring (bicyclic) bond motifs is 1. The SMILES string of the molecule is COc1ccc(CN2C(=O)Cc3c(-c4cccc(N)c4)nc(N4CCCCC4)nc32)cc1. The smallest absolute Gasteiger partial charge is 0.233 e. The highest BCUT2D eigenvalue weighted by atomic mass is 16.5. The Morgan fingerprint density at radius 2 is 1.81 bits per heavy atom. The molecule has 0 spiro atoms. The molecule has 0 saturated carbocycles. The molecule has 7 heteroatoms. The van der Waals surface area contributed by atoms with E-state index >= 15 is 0 Å². The van der Waals surface area contributed by atoms with Crippen molar-refractivity contribution in [1.82, 2.24) is 9.97 Å². The van der Waals surface area contributed by atoms with E-state index in [0.29, 0.717) is 24.0 Å². The number of hydrogen-bond acceptors (Lipinski definition) is 6. The molecule has 0 radical (unpaired) electrons. The van der Waals surface area contributed by atoms with Gasteiger partial charge >= 0.3 is 0 Å². The number of nitrogens with two attached hydrogens (primary N) is 1. The highest BCUT2D eigenvalue weighted by Gasteiger charge is 2.34. The summed E-state index contributed by atoms with van der Waals surface area (Å²) in [5.41, 5.74) is 10.3. The molecule has 0 atom stereocenters. The number of carbonyl (C=O) groups is 1. The predicted octanol–water partition coefficient (Wildman–Crippen LogP) is 3.81. The van der Waals surface area contributed by atoms with E-state index in [0.717, 1.165) is 54.1 Å². The first-order valence-corrected chi connectivity index (χ1v) is 11.1. The molecule has 3 heterocycles. The van der Waals surface area contributed by atoms with Gasteiger partial charge in [-0.3, -0.25) is 9.69 Å². The summed E-state index contributed by atoms with van der Waals surface area (Å²) < 4.78 is 5.26. The molecule has 32 heavy (non-hydrogen) atoms. The average molecular weight is 430 g/mol. The van der Waals surface area contributed by atoms with Crippen LogP contribution in [0.2, 0.25) is 0 Å². The second-order valence-electron chi connectivity index (χ2n) is 8.35. The Morgan fingerprint density at radius 3 is 2.53 bits per heavy atom. The molecule has 2 aliphatic heterocycles. The summed E-state index contributed by atoms with van der Waals surface area (Å²) in [6, 6.07) is 15.5. The molecule has 5 rings (SSSR count). The van der Waals surface area contributed by atoms with Crippen molar-refractivity contribution in [2.45, 2.75) is 32.2 Å². The number of piperidine rings is 1. The van der Waals surface area contributed by atoms with Crippen LogP contribution in [-0.4, -0.2) is 36.1 Å². The quantitative estimate of drug-likeness (QED) is 0.621. The molecule has 0 aliphatic carbocycles. The molecule has 1 saturated heterocycles. The molecule has 2 aliphatic rings. The van der Waals surface area contributed by atoms with Gasteiger partial charge in [0, 0.05) is 29.9 Å². The van der Waals surface area contributed by atoms with Gasteiger partial charge in [-0.2, -0.15) is 4.98 Å². The average Bonchev–Trinajstić information content (AvgIpc) is 3.14. The summed E-state index contributed by atoms with van der Waals surface area (Å²) in [5, 5.41) is 0. The fourth-order valence-electron chi connectivity index (χ4n) is 4.45. The van der Waals surface area contributed by atoms with E-state index in [9.17, 15) is 4.79 Å². The Balaban J connectivity index is 1.58. The third kappa shape index (κ3) is 3.86. The molecule has 0 bridgehead atoms. The number of nitrogens with zero attached hydrogens (tertiary/aromatic N) is 4. The van der Waals surface area contributed by atoms with Crippen LogP contribution < -0.4 is 20.3 Å². The Hall–Kier alpha value is -3.61. The number of anilines is 3. The molecule has 2 aromatic carbocycles. The van der Waals surface area contributed by atoms with Crippen LogP contribution >= 0.6 is 0 Å². The van der Waals surface area contributed by atoms with Crippen molar-refractivity contribution in [3.8, 4) is 17.0 Å². The highest BCUT2D eigenvalue weighted by molar-refractivity contribution is 6.02. The molecule has 3 aromatic rings. The minimum atomic E-state index is 0.0334. The van der Waals surface area contributed by atoms with Gasteiger partial charge in [-0.25, -0.2) is 4.98 Å². The maximum atomic E-state index is 13.1. The number of benzene rings is 2. The second kappa shape index (κ2) is 8.49. The number of hydrogen-bond donors (Lipinski definition) is 1. The first-order valence-electron chi connectivity index (χ1n) is 11.1. The lowest BCUT2D eigenvalue weighted by molar-refractivity contribution is -0.117. The number of carbonyl (C=O) groups excluding carboxylic acids is 1. The van der Waals surface area contributed by atoms with Crippen LogP contribution in [0.25, 0.3) is 11.3 Å². The third-order valence-corrected chi connectivity index (χ3v) is 6.16. The first kappa shape index (κ1) is 20.3. The highest BCUT2D eigenvalue weighted by Crippen LogP contribution is 2.37. The van der Waals surface area contributed by atoms with Crippen LogP contribution in [0, 0.1) is 0 Å². The van der Waals surface area contributed by atoms with Gasteiger partial charge in [0.25, 0.3) is 0 Å². The fraction of sp³-hybridized carbons (Fsp3) is 0.320. The Morgan fingerprint density at radius 1 is 1.03 bits per heavy atom. The molecule has 2 N–H and O–H groups in total. The van der Waals surface area contributed by atoms with Crippen molar-refractivity contribution in [1.29, 1.82) is 0 Å². The number of rotatable bonds is 5. The molecule has 1 fully saturated rings. The van der Waals surface area contributed by atoms with Crippen molar-refractivity contribution in [2.24, 2.45) is 0 Å². The zero-order valence-electron chi connectivity index (χ0n) is 18.3. The van der Waals surface area contributed by atoms with Gasteiger partial charge < -0.3 is 15.4 Å². The molecule has 164 valence electrons. The minimum absolute atomic E-state index is 0.0334. The minimum Gasteiger partial charge on any atom is -0.497 e. The summed E-state index contributed by atoms with van der Waals surface area (Å²) in [5.74, 6) is 2.22. The standard InChI is InChI=1S/C25H27N5O2/c1-32-20-10-8-17(9-11-20)16-30-22(31)15-21-23(18-6-5-7-19(26)14-18)27-25(28-24(21)30)29-12-3-2-4-13-29/h5-11,14H,2-4,12-13,15-16,26H2,1H3. The molecular formula is C25H27N5O2. The number of aromatic nitrogens is 2. The number of amides is 1. The molecule has 7 nitrogen and oxygen atoms in total. The van der Waals surface area contributed by atoms with Crippen LogP contribution in [0.1, 0.15) is 30.4 Å². The zero-order valence-corrected chi connectivity index (χ0v) is 18.3. The van der Waals surface area contributed by atoms with Gasteiger partial charge in [0.1, 0.15) is 11.6 Å². The normalized spacial score (nSPS) is 15.7. The van der Waals surface area contributed by atoms with Gasteiger partial charge in [-0.15, -0.1) is 0 Å². The van der Waals surface area contributed by atoms with Crippen molar-refractivity contribution >= 4 is 23.4 Å². The van der Waals surface area contributed by atoms with Crippen molar-refractivity contribution < 1.29 is 9.53 Å². The van der Waals surface area contributed by atoms with Crippen LogP contribution in [0.3, 0.4) is 0 Å². The van der Waals surface area contributed by atoms with E-state index in [-0.39, 0.29) is 12.3 Å². The second-order valence-corrected chi connectivity index (χ2v) is 8.35. The predicted molar refractivity (Wildman–Crippen MR) is 126 cm³/mol. The summed E-state index contributed by atoms with van der Waals surface area (Å²) in [7, 11) is 1.64.